The van der Waals surface area contributed by atoms with Gasteiger partial charge in [0.25, 0.3) is 0 Å². The first kappa shape index (κ1) is 8.35. The summed E-state index contributed by atoms with van der Waals surface area (Å²) in [5.74, 6) is -1.03. The molecule has 0 aromatic carbocycles. The van der Waals surface area contributed by atoms with Gasteiger partial charge in [0, 0.05) is 0 Å². The average molecular weight is 136 g/mol. The van der Waals surface area contributed by atoms with Crippen LogP contribution in [0, 0.1) is 0 Å². The molecule has 0 radical (unpaired) electrons. The van der Waals surface area contributed by atoms with Crippen LogP contribution >= 0.6 is 0 Å². The van der Waals surface area contributed by atoms with Crippen LogP contribution in [0.1, 0.15) is 0 Å². The van der Waals surface area contributed by atoms with Gasteiger partial charge in [-0.05, 0) is 0 Å². The zero-order chi connectivity index (χ0) is 7.11. The van der Waals surface area contributed by atoms with Gasteiger partial charge in [-0.25, -0.2) is 14.6 Å². The van der Waals surface area contributed by atoms with Crippen molar-refractivity contribution in [3.8, 4) is 0 Å². The van der Waals surface area contributed by atoms with Crippen molar-refractivity contribution in [1.82, 2.24) is 0 Å². The number of carboxylic acid groups (broad SMARTS) is 1. The largest absolute Gasteiger partial charge is 0.480 e. The molecule has 0 aliphatic carbocycles. The van der Waals surface area contributed by atoms with E-state index in [0.717, 1.165) is 0 Å². The SMILES string of the molecule is COOCOCC(=O)O. The minimum atomic E-state index is -1.03. The van der Waals surface area contributed by atoms with E-state index < -0.39 is 5.97 Å². The number of carbonyl (C=O) groups is 1. The smallest absolute Gasteiger partial charge is 0.329 e. The lowest BCUT2D eigenvalue weighted by Crippen LogP contribution is -2.09. The molecule has 0 unspecified atom stereocenters. The summed E-state index contributed by atoms with van der Waals surface area (Å²) in [5.41, 5.74) is 0. The first-order valence-electron chi connectivity index (χ1n) is 2.22. The van der Waals surface area contributed by atoms with Gasteiger partial charge >= 0.3 is 5.97 Å². The maximum absolute atomic E-state index is 9.74. The Hall–Kier alpha value is -0.650. The predicted octanol–water partition coefficient (Wildman–Crippen LogP) is -0.377. The molecule has 0 aromatic heterocycles. The summed E-state index contributed by atoms with van der Waals surface area (Å²) in [5, 5.41) is 7.99. The number of aliphatic carboxylic acids is 1. The van der Waals surface area contributed by atoms with Crippen LogP contribution in [0.4, 0.5) is 0 Å². The molecule has 0 heterocycles. The molecule has 0 aliphatic rings. The topological polar surface area (TPSA) is 65.0 Å². The van der Waals surface area contributed by atoms with Crippen LogP contribution in [-0.2, 0) is 19.3 Å². The van der Waals surface area contributed by atoms with Crippen LogP contribution in [0.3, 0.4) is 0 Å². The molecule has 0 amide bonds. The van der Waals surface area contributed by atoms with Gasteiger partial charge in [0.1, 0.15) is 6.61 Å². The van der Waals surface area contributed by atoms with Gasteiger partial charge in [0.15, 0.2) is 6.79 Å². The highest BCUT2D eigenvalue weighted by atomic mass is 17.2. The zero-order valence-corrected chi connectivity index (χ0v) is 4.99. The van der Waals surface area contributed by atoms with E-state index in [1.165, 1.54) is 7.11 Å². The van der Waals surface area contributed by atoms with Gasteiger partial charge in [-0.15, -0.1) is 0 Å². The molecular formula is C4H8O5. The summed E-state index contributed by atoms with van der Waals surface area (Å²) >= 11 is 0. The highest BCUT2D eigenvalue weighted by Gasteiger charge is 1.93. The molecule has 0 saturated carbocycles. The highest BCUT2D eigenvalue weighted by Crippen LogP contribution is 1.76. The molecule has 0 atom stereocenters. The van der Waals surface area contributed by atoms with E-state index in [1.807, 2.05) is 0 Å². The number of rotatable bonds is 5. The van der Waals surface area contributed by atoms with Crippen LogP contribution in [0.5, 0.6) is 0 Å². The minimum Gasteiger partial charge on any atom is -0.480 e. The quantitative estimate of drug-likeness (QED) is 0.241. The summed E-state index contributed by atoms with van der Waals surface area (Å²) in [4.78, 5) is 18.0. The summed E-state index contributed by atoms with van der Waals surface area (Å²) in [6.07, 6.45) is 0. The monoisotopic (exact) mass is 136 g/mol. The maximum atomic E-state index is 9.74. The van der Waals surface area contributed by atoms with Gasteiger partial charge in [0.2, 0.25) is 0 Å². The van der Waals surface area contributed by atoms with Gasteiger partial charge < -0.3 is 9.84 Å². The van der Waals surface area contributed by atoms with E-state index in [4.69, 9.17) is 5.11 Å². The summed E-state index contributed by atoms with van der Waals surface area (Å²) in [6, 6.07) is 0. The first-order valence-corrected chi connectivity index (χ1v) is 2.22. The standard InChI is InChI=1S/C4H8O5/c1-7-9-3-8-2-4(5)6/h2-3H2,1H3,(H,5,6). The third-order valence-electron chi connectivity index (χ3n) is 0.475. The molecule has 0 saturated heterocycles. The van der Waals surface area contributed by atoms with E-state index in [2.05, 4.69) is 14.5 Å². The van der Waals surface area contributed by atoms with Gasteiger partial charge in [0.05, 0.1) is 7.11 Å². The second-order valence-electron chi connectivity index (χ2n) is 1.14. The molecule has 0 fully saturated rings. The molecule has 0 spiro atoms. The molecule has 9 heavy (non-hydrogen) atoms. The van der Waals surface area contributed by atoms with Crippen LogP contribution in [-0.4, -0.2) is 31.6 Å². The fourth-order valence-electron chi connectivity index (χ4n) is 0.211. The lowest BCUT2D eigenvalue weighted by molar-refractivity contribution is -0.317. The summed E-state index contributed by atoms with van der Waals surface area (Å²) in [6.45, 7) is -0.536. The third kappa shape index (κ3) is 7.35. The van der Waals surface area contributed by atoms with Crippen molar-refractivity contribution < 1.29 is 24.4 Å². The third-order valence-corrected chi connectivity index (χ3v) is 0.475. The number of hydrogen-bond acceptors (Lipinski definition) is 4. The van der Waals surface area contributed by atoms with Crippen molar-refractivity contribution in [2.24, 2.45) is 0 Å². The molecular weight excluding hydrogens is 128 g/mol. The maximum Gasteiger partial charge on any atom is 0.329 e. The van der Waals surface area contributed by atoms with E-state index in [1.54, 1.807) is 0 Å². The fraction of sp³-hybridized carbons (Fsp3) is 0.750. The van der Waals surface area contributed by atoms with Crippen molar-refractivity contribution in [1.29, 1.82) is 0 Å². The molecule has 5 nitrogen and oxygen atoms in total. The van der Waals surface area contributed by atoms with Crippen LogP contribution in [0.25, 0.3) is 0 Å². The second-order valence-corrected chi connectivity index (χ2v) is 1.14. The van der Waals surface area contributed by atoms with Crippen LogP contribution in [0.2, 0.25) is 0 Å². The Morgan fingerprint density at radius 1 is 1.67 bits per heavy atom. The Bertz CT molecular complexity index is 81.0. The van der Waals surface area contributed by atoms with E-state index >= 15 is 0 Å². The van der Waals surface area contributed by atoms with Gasteiger partial charge in [-0.3, -0.25) is 0 Å². The minimum absolute atomic E-state index is 0.164. The lowest BCUT2D eigenvalue weighted by atomic mass is 10.8. The van der Waals surface area contributed by atoms with Gasteiger partial charge in [-0.1, -0.05) is 0 Å². The molecule has 0 aromatic rings. The Morgan fingerprint density at radius 3 is 2.78 bits per heavy atom. The second kappa shape index (κ2) is 5.49. The Balaban J connectivity index is 2.83. The normalized spacial score (nSPS) is 9.44. The van der Waals surface area contributed by atoms with Crippen molar-refractivity contribution in [3.05, 3.63) is 0 Å². The first-order chi connectivity index (χ1) is 4.27. The Labute approximate surface area is 52.1 Å². The summed E-state index contributed by atoms with van der Waals surface area (Å²) in [7, 11) is 1.31. The van der Waals surface area contributed by atoms with Crippen LogP contribution < -0.4 is 0 Å². The van der Waals surface area contributed by atoms with E-state index in [-0.39, 0.29) is 13.4 Å². The Kier molecular flexibility index (Phi) is 5.09. The Morgan fingerprint density at radius 2 is 2.33 bits per heavy atom. The lowest BCUT2D eigenvalue weighted by Gasteiger charge is -1.97. The molecule has 5 heteroatoms. The average Bonchev–Trinajstić information content (AvgIpc) is 1.80. The van der Waals surface area contributed by atoms with Gasteiger partial charge in [-0.2, -0.15) is 0 Å². The van der Waals surface area contributed by atoms with Crippen LogP contribution in [0.15, 0.2) is 0 Å². The summed E-state index contributed by atoms with van der Waals surface area (Å²) < 4.78 is 4.39. The predicted molar refractivity (Wildman–Crippen MR) is 26.5 cm³/mol. The molecule has 0 bridgehead atoms. The van der Waals surface area contributed by atoms with Crippen molar-refractivity contribution in [2.75, 3.05) is 20.5 Å². The molecule has 0 aliphatic heterocycles. The van der Waals surface area contributed by atoms with Crippen molar-refractivity contribution in [2.45, 2.75) is 0 Å². The van der Waals surface area contributed by atoms with Crippen molar-refractivity contribution >= 4 is 5.97 Å². The van der Waals surface area contributed by atoms with E-state index in [0.29, 0.717) is 0 Å². The molecule has 0 rings (SSSR count). The van der Waals surface area contributed by atoms with E-state index in [9.17, 15) is 4.79 Å². The zero-order valence-electron chi connectivity index (χ0n) is 4.99. The molecule has 54 valence electrons. The van der Waals surface area contributed by atoms with Crippen molar-refractivity contribution in [3.63, 3.8) is 0 Å². The number of ether oxygens (including phenoxy) is 1. The number of carboxylic acids is 1. The highest BCUT2D eigenvalue weighted by molar-refractivity contribution is 5.67. The molecule has 1 N–H and O–H groups in total. The number of hydrogen-bond donors (Lipinski definition) is 1. The fourth-order valence-corrected chi connectivity index (χ4v) is 0.211.